The minimum absolute atomic E-state index is 0.0580. The zero-order valence-corrected chi connectivity index (χ0v) is 27.2. The molecule has 3 aliphatic heterocycles. The van der Waals surface area contributed by atoms with Crippen LogP contribution >= 0.6 is 0 Å². The molecule has 0 spiro atoms. The summed E-state index contributed by atoms with van der Waals surface area (Å²) < 4.78 is 6.13. The number of carbonyl (C=O) groups is 5. The third-order valence-corrected chi connectivity index (χ3v) is 11.2. The summed E-state index contributed by atoms with van der Waals surface area (Å²) in [6, 6.07) is 21.4. The minimum Gasteiger partial charge on any atom is -0.508 e. The number of carboxylic acids is 1. The number of benzene rings is 3. The van der Waals surface area contributed by atoms with Crippen LogP contribution in [-0.2, 0) is 35.8 Å². The van der Waals surface area contributed by atoms with Crippen LogP contribution in [0.2, 0.25) is 0 Å². The number of amides is 4. The predicted octanol–water partition coefficient (Wildman–Crippen LogP) is 4.51. The molecule has 3 aromatic carbocycles. The smallest absolute Gasteiger partial charge is 0.305 e. The Kier molecular flexibility index (Phi) is 7.39. The number of rotatable bonds is 7. The lowest BCUT2D eigenvalue weighted by Crippen LogP contribution is -2.55. The first-order valence-electron chi connectivity index (χ1n) is 16.8. The number of hydrogen-bond acceptors (Lipinski definition) is 8. The Morgan fingerprint density at radius 3 is 2.46 bits per heavy atom. The quantitative estimate of drug-likeness (QED) is 0.243. The summed E-state index contributed by atoms with van der Waals surface area (Å²) in [5.41, 5.74) is 6.05. The van der Waals surface area contributed by atoms with E-state index in [0.717, 1.165) is 21.0 Å². The Labute approximate surface area is 287 Å². The van der Waals surface area contributed by atoms with Crippen LogP contribution in [0.15, 0.2) is 96.3 Å². The molecule has 1 saturated carbocycles. The summed E-state index contributed by atoms with van der Waals surface area (Å²) in [6.07, 6.45) is 3.87. The topological polar surface area (TPSA) is 154 Å². The van der Waals surface area contributed by atoms with Crippen LogP contribution < -0.4 is 10.2 Å². The van der Waals surface area contributed by atoms with Gasteiger partial charge in [-0.3, -0.25) is 34.3 Å². The normalized spacial score (nSPS) is 28.2. The number of imide groups is 2. The molecule has 0 unspecified atom stereocenters. The number of phenols is 1. The number of allylic oxidation sites excluding steroid dienone is 3. The van der Waals surface area contributed by atoms with Gasteiger partial charge in [-0.1, -0.05) is 59.7 Å². The molecule has 4 amide bonds. The van der Waals surface area contributed by atoms with Crippen molar-refractivity contribution in [1.29, 1.82) is 0 Å². The van der Waals surface area contributed by atoms with Crippen molar-refractivity contribution in [3.63, 3.8) is 0 Å². The Bertz CT molecular complexity index is 2020. The number of hydrogen-bond donors (Lipinski definition) is 3. The maximum atomic E-state index is 15.2. The highest BCUT2D eigenvalue weighted by molar-refractivity contribution is 6.13. The van der Waals surface area contributed by atoms with E-state index < -0.39 is 64.6 Å². The van der Waals surface area contributed by atoms with Crippen LogP contribution in [0.5, 0.6) is 11.5 Å². The molecular formula is C39H35N3O8. The van der Waals surface area contributed by atoms with E-state index in [0.29, 0.717) is 34.6 Å². The van der Waals surface area contributed by atoms with Crippen molar-refractivity contribution in [2.45, 2.75) is 38.0 Å². The lowest BCUT2D eigenvalue weighted by molar-refractivity contribution is -0.143. The molecule has 3 aromatic rings. The van der Waals surface area contributed by atoms with Crippen LogP contribution in [0.1, 0.15) is 36.0 Å². The monoisotopic (exact) mass is 673 g/mol. The molecule has 8 rings (SSSR count). The summed E-state index contributed by atoms with van der Waals surface area (Å²) in [5.74, 6) is -5.99. The molecule has 3 N–H and O–H groups in total. The lowest BCUT2D eigenvalue weighted by Gasteiger charge is -2.51. The van der Waals surface area contributed by atoms with Gasteiger partial charge in [0, 0.05) is 24.4 Å². The number of phenolic OH excluding ortho intramolecular Hbond substituents is 1. The molecule has 2 aliphatic carbocycles. The molecule has 254 valence electrons. The van der Waals surface area contributed by atoms with E-state index in [1.165, 1.54) is 6.07 Å². The summed E-state index contributed by atoms with van der Waals surface area (Å²) in [5, 5.41) is 20.8. The standard InChI is InChI=1S/C39H35N3O8/c1-21-7-9-25(10-8-21)40-42-36(47)30-19-29-27(12-13-28-33(29)37(48)41(35(28)46)16-15-32(44)45)34(39(30,38(42)49)24-5-3-2-4-6-24)23-17-22-18-26(43)11-14-31(22)50-20-23/h2-12,14,18,20,28-30,33-34,40,43H,13,15-17,19H2,1H3,(H,44,45)/t28-,29+,30-,33-,34-,39+/m0/s1. The first kappa shape index (κ1) is 31.6. The SMILES string of the molecule is Cc1ccc(NN2C(=O)[C@@H]3C[C@@H]4C(=CC[C@@H]5C(=O)N(CCC(=O)O)C(=O)[C@@H]54)[C@H](C4=COc5ccc(O)cc5C4)[C@]3(c3ccccc3)C2=O)cc1. The number of aliphatic carboxylic acids is 1. The first-order valence-corrected chi connectivity index (χ1v) is 16.8. The van der Waals surface area contributed by atoms with Gasteiger partial charge >= 0.3 is 5.97 Å². The van der Waals surface area contributed by atoms with Crippen molar-refractivity contribution in [1.82, 2.24) is 9.91 Å². The van der Waals surface area contributed by atoms with E-state index in [2.05, 4.69) is 5.43 Å². The maximum Gasteiger partial charge on any atom is 0.305 e. The Balaban J connectivity index is 1.30. The van der Waals surface area contributed by atoms with Gasteiger partial charge < -0.3 is 14.9 Å². The van der Waals surface area contributed by atoms with E-state index in [1.54, 1.807) is 30.5 Å². The number of hydrazine groups is 1. The van der Waals surface area contributed by atoms with Crippen LogP contribution in [0.4, 0.5) is 5.69 Å². The number of carbonyl (C=O) groups excluding carboxylic acids is 4. The predicted molar refractivity (Wildman–Crippen MR) is 179 cm³/mol. The van der Waals surface area contributed by atoms with Crippen molar-refractivity contribution >= 4 is 35.3 Å². The molecule has 3 fully saturated rings. The molecule has 6 atom stereocenters. The molecule has 2 saturated heterocycles. The Hall–Kier alpha value is -5.71. The number of aromatic hydroxyl groups is 1. The fraction of sp³-hybridized carbons (Fsp3) is 0.308. The average Bonchev–Trinajstić information content (AvgIpc) is 3.48. The maximum absolute atomic E-state index is 15.2. The highest BCUT2D eigenvalue weighted by Crippen LogP contribution is 2.63. The zero-order chi connectivity index (χ0) is 34.9. The number of carboxylic acid groups (broad SMARTS) is 1. The van der Waals surface area contributed by atoms with Crippen LogP contribution in [0, 0.1) is 36.5 Å². The third-order valence-electron chi connectivity index (χ3n) is 11.2. The first-order chi connectivity index (χ1) is 24.1. The molecule has 0 bridgehead atoms. The van der Waals surface area contributed by atoms with E-state index >= 15 is 4.79 Å². The number of nitrogens with zero attached hydrogens (tertiary/aromatic N) is 2. The van der Waals surface area contributed by atoms with Crippen LogP contribution in [0.25, 0.3) is 0 Å². The fourth-order valence-corrected chi connectivity index (χ4v) is 9.06. The molecule has 0 radical (unpaired) electrons. The van der Waals surface area contributed by atoms with Gasteiger partial charge in [0.1, 0.15) is 11.5 Å². The van der Waals surface area contributed by atoms with Gasteiger partial charge in [-0.2, -0.15) is 5.01 Å². The van der Waals surface area contributed by atoms with Gasteiger partial charge in [0.15, 0.2) is 0 Å². The van der Waals surface area contributed by atoms with Crippen LogP contribution in [-0.4, -0.2) is 56.3 Å². The third kappa shape index (κ3) is 4.67. The second-order valence-corrected chi connectivity index (χ2v) is 13.8. The molecule has 50 heavy (non-hydrogen) atoms. The van der Waals surface area contributed by atoms with Crippen molar-refractivity contribution < 1.29 is 38.9 Å². The van der Waals surface area contributed by atoms with Gasteiger partial charge in [-0.25, -0.2) is 0 Å². The van der Waals surface area contributed by atoms with E-state index in [-0.39, 0.29) is 31.6 Å². The molecule has 11 nitrogen and oxygen atoms in total. The molecule has 5 aliphatic rings. The van der Waals surface area contributed by atoms with Gasteiger partial charge in [-0.15, -0.1) is 0 Å². The lowest BCUT2D eigenvalue weighted by atomic mass is 9.48. The van der Waals surface area contributed by atoms with E-state index in [1.807, 2.05) is 55.5 Å². The van der Waals surface area contributed by atoms with Crippen molar-refractivity contribution in [3.05, 3.63) is 113 Å². The molecular weight excluding hydrogens is 638 g/mol. The van der Waals surface area contributed by atoms with E-state index in [4.69, 9.17) is 4.74 Å². The minimum atomic E-state index is -1.44. The average molecular weight is 674 g/mol. The van der Waals surface area contributed by atoms with Crippen molar-refractivity contribution in [2.24, 2.45) is 29.6 Å². The molecule has 0 aromatic heterocycles. The number of likely N-dealkylation sites (tertiary alicyclic amines) is 1. The summed E-state index contributed by atoms with van der Waals surface area (Å²) >= 11 is 0. The zero-order valence-electron chi connectivity index (χ0n) is 27.2. The molecule has 3 heterocycles. The number of fused-ring (bicyclic) bond motifs is 5. The van der Waals surface area contributed by atoms with Crippen molar-refractivity contribution in [2.75, 3.05) is 12.0 Å². The van der Waals surface area contributed by atoms with Crippen molar-refractivity contribution in [3.8, 4) is 11.5 Å². The van der Waals surface area contributed by atoms with Crippen LogP contribution in [0.3, 0.4) is 0 Å². The summed E-state index contributed by atoms with van der Waals surface area (Å²) in [7, 11) is 0. The Morgan fingerprint density at radius 2 is 1.72 bits per heavy atom. The largest absolute Gasteiger partial charge is 0.508 e. The summed E-state index contributed by atoms with van der Waals surface area (Å²) in [6.45, 7) is 1.71. The summed E-state index contributed by atoms with van der Waals surface area (Å²) in [4.78, 5) is 70.1. The van der Waals surface area contributed by atoms with Gasteiger partial charge in [0.25, 0.3) is 11.8 Å². The van der Waals surface area contributed by atoms with Gasteiger partial charge in [-0.05, 0) is 67.2 Å². The highest BCUT2D eigenvalue weighted by Gasteiger charge is 2.70. The second kappa shape index (κ2) is 11.7. The molecule has 11 heteroatoms. The number of ether oxygens (including phenoxy) is 1. The Morgan fingerprint density at radius 1 is 0.960 bits per heavy atom. The second-order valence-electron chi connectivity index (χ2n) is 13.8. The van der Waals surface area contributed by atoms with Gasteiger partial charge in [0.2, 0.25) is 11.8 Å². The van der Waals surface area contributed by atoms with E-state index in [9.17, 15) is 29.4 Å². The fourth-order valence-electron chi connectivity index (χ4n) is 9.06. The number of anilines is 1. The van der Waals surface area contributed by atoms with Gasteiger partial charge in [0.05, 0.1) is 41.5 Å². The number of aryl methyl sites for hydroxylation is 1. The highest BCUT2D eigenvalue weighted by atomic mass is 16.5. The number of nitrogens with one attached hydrogen (secondary N) is 1.